The van der Waals surface area contributed by atoms with Gasteiger partial charge in [0.15, 0.2) is 11.5 Å². The number of amides is 5. The second-order valence-electron chi connectivity index (χ2n) is 15.5. The van der Waals surface area contributed by atoms with Crippen LogP contribution in [0.1, 0.15) is 76.2 Å². The monoisotopic (exact) mass is 796 g/mol. The van der Waals surface area contributed by atoms with Crippen LogP contribution in [0.25, 0.3) is 0 Å². The van der Waals surface area contributed by atoms with Crippen LogP contribution >= 0.6 is 0 Å². The molecular formula is C44H40N6O9. The van der Waals surface area contributed by atoms with Crippen LogP contribution in [0.5, 0.6) is 11.5 Å². The Morgan fingerprint density at radius 1 is 0.746 bits per heavy atom. The van der Waals surface area contributed by atoms with Gasteiger partial charge in [0, 0.05) is 28.5 Å². The Balaban J connectivity index is 0.963. The Kier molecular flexibility index (Phi) is 10.2. The highest BCUT2D eigenvalue weighted by Crippen LogP contribution is 2.74. The number of ether oxygens (including phenoxy) is 1. The van der Waals surface area contributed by atoms with Gasteiger partial charge in [0.2, 0.25) is 11.8 Å². The number of carbonyl (C=O) groups is 6. The molecule has 0 radical (unpaired) electrons. The van der Waals surface area contributed by atoms with Crippen molar-refractivity contribution in [2.45, 2.75) is 51.2 Å². The molecule has 7 N–H and O–H groups in total. The number of aromatic hydroxyl groups is 1. The molecule has 15 nitrogen and oxygen atoms in total. The first-order valence-electron chi connectivity index (χ1n) is 18.8. The maximum atomic E-state index is 13.7. The highest BCUT2D eigenvalue weighted by atomic mass is 16.5. The quantitative estimate of drug-likeness (QED) is 0.0728. The molecule has 4 saturated carbocycles. The number of nitriles is 1. The van der Waals surface area contributed by atoms with Crippen molar-refractivity contribution < 1.29 is 43.7 Å². The van der Waals surface area contributed by atoms with Gasteiger partial charge in [0.05, 0.1) is 45.4 Å². The van der Waals surface area contributed by atoms with E-state index in [1.165, 1.54) is 60.7 Å². The molecule has 2 bridgehead atoms. The maximum Gasteiger partial charge on any atom is 0.335 e. The molecule has 59 heavy (non-hydrogen) atoms. The van der Waals surface area contributed by atoms with E-state index in [0.717, 1.165) is 0 Å². The Morgan fingerprint density at radius 3 is 1.83 bits per heavy atom. The molecule has 2 atom stereocenters. The van der Waals surface area contributed by atoms with Crippen molar-refractivity contribution in [1.29, 1.82) is 5.26 Å². The summed E-state index contributed by atoms with van der Waals surface area (Å²) in [4.78, 5) is 77.9. The average molecular weight is 797 g/mol. The topological polar surface area (TPSA) is 236 Å². The SMILES string of the molecule is C=C[C@H]1C[C@@]1(NC(=O)C12CC(C(=O)Nc3ccc(C#N)cc3)(C1)C2)C(=O)Nc1ccc(C(=O)Nc2ccc(C(=O)Nc3ccc(C(=O)O)cc3)c(O)c2OC(C)C)cc1. The van der Waals surface area contributed by atoms with Gasteiger partial charge in [0.25, 0.3) is 17.7 Å². The Morgan fingerprint density at radius 2 is 1.29 bits per heavy atom. The van der Waals surface area contributed by atoms with Gasteiger partial charge in [-0.1, -0.05) is 6.08 Å². The smallest absolute Gasteiger partial charge is 0.335 e. The minimum atomic E-state index is -1.22. The van der Waals surface area contributed by atoms with Gasteiger partial charge < -0.3 is 41.5 Å². The number of phenolic OH excluding ortho intramolecular Hbond substituents is 1. The molecule has 0 aromatic heterocycles. The molecule has 0 heterocycles. The molecule has 0 saturated heterocycles. The molecule has 4 aliphatic carbocycles. The van der Waals surface area contributed by atoms with Crippen molar-refractivity contribution in [1.82, 2.24) is 5.32 Å². The van der Waals surface area contributed by atoms with Crippen LogP contribution in [0.4, 0.5) is 22.7 Å². The van der Waals surface area contributed by atoms with Crippen LogP contribution < -0.4 is 31.3 Å². The lowest BCUT2D eigenvalue weighted by Gasteiger charge is -2.67. The van der Waals surface area contributed by atoms with Crippen molar-refractivity contribution in [3.63, 3.8) is 0 Å². The summed E-state index contributed by atoms with van der Waals surface area (Å²) in [7, 11) is 0. The first-order chi connectivity index (χ1) is 28.1. The van der Waals surface area contributed by atoms with E-state index in [1.807, 2.05) is 6.07 Å². The summed E-state index contributed by atoms with van der Waals surface area (Å²) in [5, 5.41) is 43.2. The fraction of sp³-hybridized carbons (Fsp3) is 0.250. The lowest BCUT2D eigenvalue weighted by molar-refractivity contribution is -0.206. The number of benzene rings is 4. The summed E-state index contributed by atoms with van der Waals surface area (Å²) in [5.74, 6) is -4.27. The maximum absolute atomic E-state index is 13.7. The molecule has 300 valence electrons. The standard InChI is InChI=1S/C44H40N6O9/c1-4-28-19-44(28,50-40(57)43-21-42(22-43,23-43)39(56)47-30-11-5-25(20-45)6-12-30)41(58)48-31-13-7-26(8-14-31)36(52)49-33-18-17-32(34(51)35(33)59-24(2)3)37(53)46-29-15-9-27(10-16-29)38(54)55/h4-18,24,28,51H,1,19,21-23H2,2-3H3,(H,46,53)(H,47,56)(H,48,58)(H,49,52)(H,50,57)(H,54,55)/t28-,42?,43?,44-/m0/s1. The number of hydrogen-bond acceptors (Lipinski definition) is 9. The second-order valence-corrected chi connectivity index (χ2v) is 15.5. The molecule has 0 aliphatic heterocycles. The van der Waals surface area contributed by atoms with E-state index in [4.69, 9.17) is 15.1 Å². The zero-order chi connectivity index (χ0) is 42.3. The van der Waals surface area contributed by atoms with E-state index in [1.54, 1.807) is 44.2 Å². The van der Waals surface area contributed by atoms with Crippen molar-refractivity contribution >= 4 is 58.3 Å². The fourth-order valence-electron chi connectivity index (χ4n) is 7.78. The second kappa shape index (κ2) is 15.1. The van der Waals surface area contributed by atoms with Gasteiger partial charge in [-0.2, -0.15) is 5.26 Å². The summed E-state index contributed by atoms with van der Waals surface area (Å²) in [6.45, 7) is 7.24. The van der Waals surface area contributed by atoms with E-state index < -0.39 is 51.9 Å². The average Bonchev–Trinajstić information content (AvgIpc) is 3.89. The van der Waals surface area contributed by atoms with Crippen LogP contribution in [0.15, 0.2) is 97.6 Å². The van der Waals surface area contributed by atoms with E-state index in [0.29, 0.717) is 48.3 Å². The van der Waals surface area contributed by atoms with Gasteiger partial charge in [0.1, 0.15) is 5.54 Å². The minimum absolute atomic E-state index is 0.0366. The first kappa shape index (κ1) is 39.8. The highest BCUT2D eigenvalue weighted by molar-refractivity contribution is 6.10. The molecule has 5 amide bonds. The van der Waals surface area contributed by atoms with Crippen molar-refractivity contribution in [3.05, 3.63) is 120 Å². The Hall–Kier alpha value is -7.47. The molecule has 4 aromatic rings. The number of nitrogens with zero attached hydrogens (tertiary/aromatic N) is 1. The van der Waals surface area contributed by atoms with Gasteiger partial charge in [-0.3, -0.25) is 24.0 Å². The molecular weight excluding hydrogens is 757 g/mol. The molecule has 0 unspecified atom stereocenters. The third-order valence-electron chi connectivity index (χ3n) is 11.1. The number of carboxylic acid groups (broad SMARTS) is 1. The third-order valence-corrected chi connectivity index (χ3v) is 11.1. The highest BCUT2D eigenvalue weighted by Gasteiger charge is 2.76. The predicted octanol–water partition coefficient (Wildman–Crippen LogP) is 6.06. The third kappa shape index (κ3) is 7.55. The van der Waals surface area contributed by atoms with Crippen molar-refractivity contribution in [2.24, 2.45) is 16.7 Å². The Labute approximate surface area is 338 Å². The van der Waals surface area contributed by atoms with E-state index in [9.17, 15) is 33.9 Å². The number of aromatic carboxylic acids is 1. The van der Waals surface area contributed by atoms with Gasteiger partial charge in [-0.05, 0) is 124 Å². The summed E-state index contributed by atoms with van der Waals surface area (Å²) in [6.07, 6.45) is 2.62. The van der Waals surface area contributed by atoms with Crippen molar-refractivity contribution in [2.75, 3.05) is 21.3 Å². The number of anilines is 4. The summed E-state index contributed by atoms with van der Waals surface area (Å²) in [6, 6.07) is 22.8. The molecule has 4 aliphatic rings. The minimum Gasteiger partial charge on any atom is -0.504 e. The molecule has 15 heteroatoms. The van der Waals surface area contributed by atoms with Gasteiger partial charge in [-0.15, -0.1) is 6.58 Å². The van der Waals surface area contributed by atoms with Gasteiger partial charge in [-0.25, -0.2) is 4.79 Å². The number of nitrogens with one attached hydrogen (secondary N) is 5. The zero-order valence-corrected chi connectivity index (χ0v) is 32.0. The normalized spacial score (nSPS) is 21.9. The van der Waals surface area contributed by atoms with E-state index in [2.05, 4.69) is 33.2 Å². The van der Waals surface area contributed by atoms with Crippen LogP contribution in [0.3, 0.4) is 0 Å². The van der Waals surface area contributed by atoms with Crippen LogP contribution in [-0.2, 0) is 14.4 Å². The fourth-order valence-corrected chi connectivity index (χ4v) is 7.78. The van der Waals surface area contributed by atoms with Crippen LogP contribution in [0, 0.1) is 28.1 Å². The van der Waals surface area contributed by atoms with Crippen LogP contribution in [0.2, 0.25) is 0 Å². The lowest BCUT2D eigenvalue weighted by Crippen LogP contribution is -2.72. The largest absolute Gasteiger partial charge is 0.504 e. The Bertz CT molecular complexity index is 2440. The number of carboxylic acids is 1. The zero-order valence-electron chi connectivity index (χ0n) is 32.0. The summed E-state index contributed by atoms with van der Waals surface area (Å²) < 4.78 is 5.80. The predicted molar refractivity (Wildman–Crippen MR) is 216 cm³/mol. The number of hydrogen-bond donors (Lipinski definition) is 7. The molecule has 4 fully saturated rings. The first-order valence-corrected chi connectivity index (χ1v) is 18.8. The molecule has 4 aromatic carbocycles. The van der Waals surface area contributed by atoms with Gasteiger partial charge >= 0.3 is 5.97 Å². The number of carbonyl (C=O) groups excluding carboxylic acids is 5. The molecule has 0 spiro atoms. The molecule has 8 rings (SSSR count). The van der Waals surface area contributed by atoms with E-state index in [-0.39, 0.29) is 45.9 Å². The summed E-state index contributed by atoms with van der Waals surface area (Å²) in [5.41, 5.74) is -0.726. The number of rotatable bonds is 14. The van der Waals surface area contributed by atoms with Crippen LogP contribution in [-0.4, -0.2) is 57.4 Å². The lowest BCUT2D eigenvalue weighted by atomic mass is 9.34. The van der Waals surface area contributed by atoms with Crippen molar-refractivity contribution in [3.8, 4) is 17.6 Å². The number of phenols is 1. The van der Waals surface area contributed by atoms with E-state index >= 15 is 0 Å². The summed E-state index contributed by atoms with van der Waals surface area (Å²) >= 11 is 0.